The molecule has 1 fully saturated rings. The smallest absolute Gasteiger partial charge is 0.219 e. The lowest BCUT2D eigenvalue weighted by Gasteiger charge is -2.48. The van der Waals surface area contributed by atoms with E-state index >= 15 is 0 Å². The van der Waals surface area contributed by atoms with Gasteiger partial charge in [-0.2, -0.15) is 0 Å². The molecule has 1 saturated heterocycles. The summed E-state index contributed by atoms with van der Waals surface area (Å²) >= 11 is 0. The van der Waals surface area contributed by atoms with Crippen molar-refractivity contribution in [3.8, 4) is 11.4 Å². The van der Waals surface area contributed by atoms with Crippen LogP contribution in [0.4, 0.5) is 4.39 Å². The van der Waals surface area contributed by atoms with Gasteiger partial charge in [0.2, 0.25) is 5.91 Å². The molecule has 3 heterocycles. The number of fused-ring (bicyclic) bond motifs is 2. The van der Waals surface area contributed by atoms with Crippen LogP contribution in [0.2, 0.25) is 0 Å². The molecule has 1 aromatic heterocycles. The number of carbonyl (C=O) groups excluding carboxylic acids is 1. The molecule has 4 rings (SSSR count). The maximum atomic E-state index is 13.3. The van der Waals surface area contributed by atoms with E-state index in [1.165, 1.54) is 12.1 Å². The second kappa shape index (κ2) is 5.91. The Balaban J connectivity index is 1.76. The third-order valence-electron chi connectivity index (χ3n) is 5.42. The SMILES string of the molecule is CC(=O)N1CCC2(CC1)CN(C)Cc1nnc(-c3ccc(F)cc3)n12. The lowest BCUT2D eigenvalue weighted by Crippen LogP contribution is -2.55. The van der Waals surface area contributed by atoms with Crippen LogP contribution in [0, 0.1) is 5.82 Å². The van der Waals surface area contributed by atoms with Crippen LogP contribution in [0.25, 0.3) is 11.4 Å². The highest BCUT2D eigenvalue weighted by molar-refractivity contribution is 5.73. The lowest BCUT2D eigenvalue weighted by molar-refractivity contribution is -0.131. The first-order valence-corrected chi connectivity index (χ1v) is 8.63. The van der Waals surface area contributed by atoms with Gasteiger partial charge in [0, 0.05) is 32.1 Å². The molecule has 0 saturated carbocycles. The third-order valence-corrected chi connectivity index (χ3v) is 5.42. The average molecular weight is 343 g/mol. The number of benzene rings is 1. The summed E-state index contributed by atoms with van der Waals surface area (Å²) in [4.78, 5) is 15.9. The molecule has 0 N–H and O–H groups in total. The number of piperidine rings is 1. The van der Waals surface area contributed by atoms with E-state index in [0.717, 1.165) is 56.2 Å². The van der Waals surface area contributed by atoms with Crippen molar-refractivity contribution in [2.24, 2.45) is 0 Å². The van der Waals surface area contributed by atoms with E-state index < -0.39 is 0 Å². The number of likely N-dealkylation sites (tertiary alicyclic amines) is 1. The number of amides is 1. The summed E-state index contributed by atoms with van der Waals surface area (Å²) in [6.45, 7) is 4.75. The minimum absolute atomic E-state index is 0.124. The lowest BCUT2D eigenvalue weighted by atomic mass is 9.84. The molecular weight excluding hydrogens is 321 g/mol. The number of hydrogen-bond acceptors (Lipinski definition) is 4. The fourth-order valence-corrected chi connectivity index (χ4v) is 4.19. The normalized spacial score (nSPS) is 19.9. The Morgan fingerprint density at radius 1 is 1.16 bits per heavy atom. The molecule has 7 heteroatoms. The van der Waals surface area contributed by atoms with Gasteiger partial charge in [-0.3, -0.25) is 9.69 Å². The highest BCUT2D eigenvalue weighted by atomic mass is 19.1. The quantitative estimate of drug-likeness (QED) is 0.793. The first-order valence-electron chi connectivity index (χ1n) is 8.63. The Hall–Kier alpha value is -2.28. The van der Waals surface area contributed by atoms with Crippen molar-refractivity contribution in [3.63, 3.8) is 0 Å². The van der Waals surface area contributed by atoms with Crippen molar-refractivity contribution in [2.75, 3.05) is 26.7 Å². The average Bonchev–Trinajstić information content (AvgIpc) is 3.00. The molecule has 6 nitrogen and oxygen atoms in total. The summed E-state index contributed by atoms with van der Waals surface area (Å²) in [5.41, 5.74) is 0.750. The molecular formula is C18H22FN5O. The summed E-state index contributed by atoms with van der Waals surface area (Å²) < 4.78 is 15.5. The van der Waals surface area contributed by atoms with Gasteiger partial charge in [0.05, 0.1) is 12.1 Å². The van der Waals surface area contributed by atoms with Crippen molar-refractivity contribution in [3.05, 3.63) is 35.9 Å². The summed E-state index contributed by atoms with van der Waals surface area (Å²) in [6.07, 6.45) is 1.74. The van der Waals surface area contributed by atoms with Crippen LogP contribution in [0.1, 0.15) is 25.6 Å². The topological polar surface area (TPSA) is 54.3 Å². The summed E-state index contributed by atoms with van der Waals surface area (Å²) in [7, 11) is 2.09. The largest absolute Gasteiger partial charge is 0.343 e. The van der Waals surface area contributed by atoms with Crippen molar-refractivity contribution in [1.82, 2.24) is 24.6 Å². The van der Waals surface area contributed by atoms with Crippen LogP contribution < -0.4 is 0 Å². The molecule has 0 atom stereocenters. The van der Waals surface area contributed by atoms with E-state index in [0.29, 0.717) is 0 Å². The van der Waals surface area contributed by atoms with Crippen LogP contribution in [0.15, 0.2) is 24.3 Å². The van der Waals surface area contributed by atoms with E-state index in [-0.39, 0.29) is 17.3 Å². The van der Waals surface area contributed by atoms with Gasteiger partial charge in [0.25, 0.3) is 0 Å². The third kappa shape index (κ3) is 2.72. The molecule has 0 unspecified atom stereocenters. The van der Waals surface area contributed by atoms with Crippen LogP contribution in [-0.4, -0.2) is 57.2 Å². The van der Waals surface area contributed by atoms with E-state index in [2.05, 4.69) is 26.7 Å². The zero-order valence-corrected chi connectivity index (χ0v) is 14.6. The number of aromatic nitrogens is 3. The fourth-order valence-electron chi connectivity index (χ4n) is 4.19. The van der Waals surface area contributed by atoms with Crippen LogP contribution in [0.3, 0.4) is 0 Å². The van der Waals surface area contributed by atoms with Gasteiger partial charge in [-0.05, 0) is 44.2 Å². The van der Waals surface area contributed by atoms with Crippen LogP contribution in [0.5, 0.6) is 0 Å². The number of halogens is 1. The van der Waals surface area contributed by atoms with E-state index in [1.54, 1.807) is 19.1 Å². The molecule has 132 valence electrons. The van der Waals surface area contributed by atoms with Crippen LogP contribution in [-0.2, 0) is 16.9 Å². The number of rotatable bonds is 1. The van der Waals surface area contributed by atoms with Crippen molar-refractivity contribution in [1.29, 1.82) is 0 Å². The predicted octanol–water partition coefficient (Wildman–Crippen LogP) is 1.87. The maximum Gasteiger partial charge on any atom is 0.219 e. The van der Waals surface area contributed by atoms with Gasteiger partial charge in [-0.1, -0.05) is 0 Å². The molecule has 0 aliphatic carbocycles. The highest BCUT2D eigenvalue weighted by Crippen LogP contribution is 2.38. The Kier molecular flexibility index (Phi) is 3.83. The van der Waals surface area contributed by atoms with Crippen molar-refractivity contribution < 1.29 is 9.18 Å². The second-order valence-electron chi connectivity index (χ2n) is 7.18. The summed E-state index contributed by atoms with van der Waals surface area (Å²) in [6, 6.07) is 6.42. The second-order valence-corrected chi connectivity index (χ2v) is 7.18. The summed E-state index contributed by atoms with van der Waals surface area (Å²) in [5, 5.41) is 8.83. The monoisotopic (exact) mass is 343 g/mol. The van der Waals surface area contributed by atoms with E-state index in [4.69, 9.17) is 0 Å². The Morgan fingerprint density at radius 2 is 1.84 bits per heavy atom. The molecule has 25 heavy (non-hydrogen) atoms. The van der Waals surface area contributed by atoms with Gasteiger partial charge in [0.1, 0.15) is 11.6 Å². The van der Waals surface area contributed by atoms with E-state index in [9.17, 15) is 9.18 Å². The fraction of sp³-hybridized carbons (Fsp3) is 0.500. The van der Waals surface area contributed by atoms with Gasteiger partial charge in [-0.25, -0.2) is 4.39 Å². The first kappa shape index (κ1) is 16.2. The predicted molar refractivity (Wildman–Crippen MR) is 91.2 cm³/mol. The maximum absolute atomic E-state index is 13.3. The number of hydrogen-bond donors (Lipinski definition) is 0. The summed E-state index contributed by atoms with van der Waals surface area (Å²) in [5.74, 6) is 1.59. The number of carbonyl (C=O) groups is 1. The first-order chi connectivity index (χ1) is 12.0. The minimum Gasteiger partial charge on any atom is -0.343 e. The van der Waals surface area contributed by atoms with Gasteiger partial charge in [-0.15, -0.1) is 10.2 Å². The molecule has 1 aromatic carbocycles. The van der Waals surface area contributed by atoms with E-state index in [1.807, 2.05) is 4.90 Å². The molecule has 2 aliphatic heterocycles. The van der Waals surface area contributed by atoms with Gasteiger partial charge < -0.3 is 9.47 Å². The molecule has 1 spiro atoms. The zero-order chi connectivity index (χ0) is 17.6. The standard InChI is InChI=1S/C18H22FN5O/c1-13(25)23-9-7-18(8-10-23)12-22(2)11-16-20-21-17(24(16)18)14-3-5-15(19)6-4-14/h3-6H,7-12H2,1-2H3. The molecule has 1 amide bonds. The Morgan fingerprint density at radius 3 is 2.48 bits per heavy atom. The van der Waals surface area contributed by atoms with Crippen molar-refractivity contribution >= 4 is 5.91 Å². The molecule has 0 bridgehead atoms. The Labute approximate surface area is 146 Å². The van der Waals surface area contributed by atoms with Gasteiger partial charge in [0.15, 0.2) is 5.82 Å². The Bertz CT molecular complexity index is 792. The molecule has 2 aliphatic rings. The van der Waals surface area contributed by atoms with Gasteiger partial charge >= 0.3 is 0 Å². The molecule has 2 aromatic rings. The highest BCUT2D eigenvalue weighted by Gasteiger charge is 2.43. The minimum atomic E-state index is -0.258. The zero-order valence-electron chi connectivity index (χ0n) is 14.6. The number of likely N-dealkylation sites (N-methyl/N-ethyl adjacent to an activating group) is 1. The molecule has 0 radical (unpaired) electrons. The van der Waals surface area contributed by atoms with Crippen molar-refractivity contribution in [2.45, 2.75) is 31.8 Å². The number of nitrogens with zero attached hydrogens (tertiary/aromatic N) is 5. The van der Waals surface area contributed by atoms with Crippen LogP contribution >= 0.6 is 0 Å².